The summed E-state index contributed by atoms with van der Waals surface area (Å²) in [6.45, 7) is 0.532. The van der Waals surface area contributed by atoms with Crippen molar-refractivity contribution in [3.63, 3.8) is 0 Å². The summed E-state index contributed by atoms with van der Waals surface area (Å²) >= 11 is 0. The van der Waals surface area contributed by atoms with E-state index in [9.17, 15) is 9.59 Å². The number of nitrogens with one attached hydrogen (secondary N) is 1. The van der Waals surface area contributed by atoms with Crippen molar-refractivity contribution in [3.8, 4) is 22.6 Å². The zero-order valence-corrected chi connectivity index (χ0v) is 22.2. The lowest BCUT2D eigenvalue weighted by atomic mass is 9.98. The Hall–Kier alpha value is -4.78. The monoisotopic (exact) mass is 537 g/mol. The van der Waals surface area contributed by atoms with Crippen LogP contribution in [-0.2, 0) is 9.53 Å². The minimum absolute atomic E-state index is 0.0323. The van der Waals surface area contributed by atoms with Crippen molar-refractivity contribution in [2.45, 2.75) is 24.8 Å². The Kier molecular flexibility index (Phi) is 8.30. The van der Waals surface area contributed by atoms with Crippen LogP contribution in [0.4, 0.5) is 4.79 Å². The van der Waals surface area contributed by atoms with Crippen LogP contribution in [0.2, 0.25) is 0 Å². The van der Waals surface area contributed by atoms with E-state index in [1.54, 1.807) is 7.11 Å². The van der Waals surface area contributed by atoms with Crippen LogP contribution in [0.5, 0.6) is 11.5 Å². The number of carboxylic acid groups (broad SMARTS) is 1. The SMILES string of the molecule is COc1ccc([C@H](NC(=O)OCC2c3ccccc3-c3ccccc32)c2ccc(OCCCC(=O)O)cc2)cc1. The second kappa shape index (κ2) is 12.4. The standard InChI is InChI=1S/C33H31NO6/c1-38-24-16-12-22(13-17-24)32(23-14-18-25(19-15-23)39-20-6-11-31(35)36)34-33(37)40-21-30-28-9-4-2-7-26(28)27-8-3-5-10-29(27)30/h2-5,7-10,12-19,30,32H,6,11,20-21H2,1H3,(H,34,37)(H,35,36)/t32-/m0/s1. The highest BCUT2D eigenvalue weighted by atomic mass is 16.5. The largest absolute Gasteiger partial charge is 0.497 e. The van der Waals surface area contributed by atoms with Crippen molar-refractivity contribution >= 4 is 12.1 Å². The summed E-state index contributed by atoms with van der Waals surface area (Å²) in [7, 11) is 1.61. The van der Waals surface area contributed by atoms with Gasteiger partial charge in [-0.05, 0) is 64.1 Å². The van der Waals surface area contributed by atoms with Gasteiger partial charge >= 0.3 is 12.1 Å². The average Bonchev–Trinajstić information content (AvgIpc) is 3.31. The van der Waals surface area contributed by atoms with E-state index in [0.29, 0.717) is 24.5 Å². The average molecular weight is 538 g/mol. The molecule has 2 N–H and O–H groups in total. The first-order valence-electron chi connectivity index (χ1n) is 13.2. The summed E-state index contributed by atoms with van der Waals surface area (Å²) < 4.78 is 16.8. The third-order valence-electron chi connectivity index (χ3n) is 7.07. The number of hydrogen-bond acceptors (Lipinski definition) is 5. The van der Waals surface area contributed by atoms with Crippen LogP contribution < -0.4 is 14.8 Å². The summed E-state index contributed by atoms with van der Waals surface area (Å²) in [6, 6.07) is 30.9. The van der Waals surface area contributed by atoms with E-state index >= 15 is 0 Å². The molecule has 1 amide bonds. The van der Waals surface area contributed by atoms with Crippen LogP contribution in [0.1, 0.15) is 47.1 Å². The number of carbonyl (C=O) groups excluding carboxylic acids is 1. The lowest BCUT2D eigenvalue weighted by Crippen LogP contribution is -2.31. The van der Waals surface area contributed by atoms with Gasteiger partial charge in [-0.2, -0.15) is 0 Å². The maximum absolute atomic E-state index is 13.2. The molecule has 0 unspecified atom stereocenters. The molecule has 4 aromatic rings. The first-order chi connectivity index (χ1) is 19.5. The van der Waals surface area contributed by atoms with Crippen molar-refractivity contribution < 1.29 is 28.9 Å². The van der Waals surface area contributed by atoms with Gasteiger partial charge < -0.3 is 24.6 Å². The number of aliphatic carboxylic acids is 1. The van der Waals surface area contributed by atoms with Crippen LogP contribution in [0.3, 0.4) is 0 Å². The minimum Gasteiger partial charge on any atom is -0.497 e. The van der Waals surface area contributed by atoms with Crippen LogP contribution in [-0.4, -0.2) is 37.5 Å². The van der Waals surface area contributed by atoms with E-state index < -0.39 is 18.1 Å². The van der Waals surface area contributed by atoms with Gasteiger partial charge in [-0.1, -0.05) is 72.8 Å². The molecule has 0 bridgehead atoms. The van der Waals surface area contributed by atoms with E-state index in [-0.39, 0.29) is 18.9 Å². The highest BCUT2D eigenvalue weighted by Crippen LogP contribution is 2.44. The molecular weight excluding hydrogens is 506 g/mol. The number of rotatable bonds is 11. The maximum Gasteiger partial charge on any atom is 0.407 e. The molecule has 204 valence electrons. The van der Waals surface area contributed by atoms with Crippen LogP contribution in [0, 0.1) is 0 Å². The van der Waals surface area contributed by atoms with E-state index in [1.165, 1.54) is 11.1 Å². The van der Waals surface area contributed by atoms with Gasteiger partial charge in [0.25, 0.3) is 0 Å². The summed E-state index contributed by atoms with van der Waals surface area (Å²) in [5.74, 6) is 0.466. The van der Waals surface area contributed by atoms with Gasteiger partial charge in [0.05, 0.1) is 19.8 Å². The number of benzene rings is 4. The number of ether oxygens (including phenoxy) is 3. The third kappa shape index (κ3) is 6.10. The van der Waals surface area contributed by atoms with Crippen LogP contribution >= 0.6 is 0 Å². The summed E-state index contributed by atoms with van der Waals surface area (Å²) in [5, 5.41) is 11.8. The summed E-state index contributed by atoms with van der Waals surface area (Å²) in [4.78, 5) is 23.9. The third-order valence-corrected chi connectivity index (χ3v) is 7.07. The molecule has 1 aliphatic carbocycles. The molecule has 0 aliphatic heterocycles. The van der Waals surface area contributed by atoms with E-state index in [0.717, 1.165) is 22.3 Å². The van der Waals surface area contributed by atoms with Gasteiger partial charge in [0.2, 0.25) is 0 Å². The normalized spacial score (nSPS) is 12.6. The lowest BCUT2D eigenvalue weighted by molar-refractivity contribution is -0.137. The molecule has 0 aromatic heterocycles. The van der Waals surface area contributed by atoms with E-state index in [4.69, 9.17) is 19.3 Å². The maximum atomic E-state index is 13.2. The first kappa shape index (κ1) is 26.8. The predicted octanol–water partition coefficient (Wildman–Crippen LogP) is 6.57. The van der Waals surface area contributed by atoms with Gasteiger partial charge in [-0.3, -0.25) is 4.79 Å². The molecule has 0 radical (unpaired) electrons. The topological polar surface area (TPSA) is 94.1 Å². The predicted molar refractivity (Wildman–Crippen MR) is 152 cm³/mol. The molecule has 7 nitrogen and oxygen atoms in total. The number of carboxylic acids is 1. The molecular formula is C33H31NO6. The Balaban J connectivity index is 1.30. The fourth-order valence-electron chi connectivity index (χ4n) is 5.08. The number of amides is 1. The Morgan fingerprint density at radius 3 is 1.90 bits per heavy atom. The number of carbonyl (C=O) groups is 2. The zero-order chi connectivity index (χ0) is 27.9. The molecule has 40 heavy (non-hydrogen) atoms. The Morgan fingerprint density at radius 2 is 1.35 bits per heavy atom. The Labute approximate surface area is 233 Å². The Morgan fingerprint density at radius 1 is 0.800 bits per heavy atom. The van der Waals surface area contributed by atoms with Crippen molar-refractivity contribution in [3.05, 3.63) is 119 Å². The molecule has 7 heteroatoms. The van der Waals surface area contributed by atoms with Gasteiger partial charge in [-0.15, -0.1) is 0 Å². The fraction of sp³-hybridized carbons (Fsp3) is 0.212. The van der Waals surface area contributed by atoms with Gasteiger partial charge in [0.1, 0.15) is 18.1 Å². The van der Waals surface area contributed by atoms with Crippen molar-refractivity contribution in [1.82, 2.24) is 5.32 Å². The second-order valence-electron chi connectivity index (χ2n) is 9.59. The molecule has 1 atom stereocenters. The smallest absolute Gasteiger partial charge is 0.407 e. The highest BCUT2D eigenvalue weighted by Gasteiger charge is 2.29. The lowest BCUT2D eigenvalue weighted by Gasteiger charge is -2.21. The van der Waals surface area contributed by atoms with Crippen molar-refractivity contribution in [2.75, 3.05) is 20.3 Å². The van der Waals surface area contributed by atoms with Crippen LogP contribution in [0.15, 0.2) is 97.1 Å². The fourth-order valence-corrected chi connectivity index (χ4v) is 5.08. The molecule has 1 aliphatic rings. The molecule has 4 aromatic carbocycles. The van der Waals surface area contributed by atoms with Gasteiger partial charge in [0, 0.05) is 12.3 Å². The molecule has 0 spiro atoms. The summed E-state index contributed by atoms with van der Waals surface area (Å²) in [5.41, 5.74) is 6.37. The van der Waals surface area contributed by atoms with Crippen molar-refractivity contribution in [1.29, 1.82) is 0 Å². The minimum atomic E-state index is -0.847. The number of methoxy groups -OCH3 is 1. The Bertz CT molecular complexity index is 1420. The highest BCUT2D eigenvalue weighted by molar-refractivity contribution is 5.79. The number of alkyl carbamates (subject to hydrolysis) is 1. The van der Waals surface area contributed by atoms with E-state index in [1.807, 2.05) is 72.8 Å². The first-order valence-corrected chi connectivity index (χ1v) is 13.2. The number of fused-ring (bicyclic) bond motifs is 3. The quantitative estimate of drug-likeness (QED) is 0.210. The molecule has 0 heterocycles. The van der Waals surface area contributed by atoms with Gasteiger partial charge in [0.15, 0.2) is 0 Å². The van der Waals surface area contributed by atoms with Crippen molar-refractivity contribution in [2.24, 2.45) is 0 Å². The molecule has 0 saturated heterocycles. The second-order valence-corrected chi connectivity index (χ2v) is 9.59. The van der Waals surface area contributed by atoms with Crippen LogP contribution in [0.25, 0.3) is 11.1 Å². The van der Waals surface area contributed by atoms with Gasteiger partial charge in [-0.25, -0.2) is 4.79 Å². The van der Waals surface area contributed by atoms with E-state index in [2.05, 4.69) is 29.6 Å². The molecule has 5 rings (SSSR count). The molecule has 0 fully saturated rings. The number of hydrogen-bond donors (Lipinski definition) is 2. The zero-order valence-electron chi connectivity index (χ0n) is 22.2. The molecule has 0 saturated carbocycles. The summed E-state index contributed by atoms with van der Waals surface area (Å²) in [6.07, 6.45) is -0.0342.